The van der Waals surface area contributed by atoms with Gasteiger partial charge in [-0.05, 0) is 41.5 Å². The molecule has 0 amide bonds. The molecule has 0 aliphatic heterocycles. The van der Waals surface area contributed by atoms with Crippen molar-refractivity contribution in [1.82, 2.24) is 9.97 Å². The SMILES string of the molecule is Oc1c(Cc2ccc3ocnc3c2)cnc2ccc(C#CCc3ccccc3)cc12. The predicted octanol–water partition coefficient (Wildman–Crippen LogP) is 5.27. The molecule has 2 heterocycles. The average molecular weight is 390 g/mol. The van der Waals surface area contributed by atoms with Gasteiger partial charge in [-0.3, -0.25) is 4.98 Å². The zero-order valence-electron chi connectivity index (χ0n) is 16.2. The van der Waals surface area contributed by atoms with E-state index in [9.17, 15) is 5.11 Å². The number of benzene rings is 3. The lowest BCUT2D eigenvalue weighted by molar-refractivity contribution is 0.475. The lowest BCUT2D eigenvalue weighted by Gasteiger charge is -2.08. The second-order valence-corrected chi connectivity index (χ2v) is 7.16. The van der Waals surface area contributed by atoms with E-state index >= 15 is 0 Å². The van der Waals surface area contributed by atoms with E-state index in [1.54, 1.807) is 6.20 Å². The van der Waals surface area contributed by atoms with Gasteiger partial charge in [0.15, 0.2) is 12.0 Å². The van der Waals surface area contributed by atoms with Crippen molar-refractivity contribution in [1.29, 1.82) is 0 Å². The summed E-state index contributed by atoms with van der Waals surface area (Å²) in [7, 11) is 0. The number of hydrogen-bond donors (Lipinski definition) is 1. The van der Waals surface area contributed by atoms with Crippen LogP contribution in [0.5, 0.6) is 5.75 Å². The van der Waals surface area contributed by atoms with E-state index in [1.165, 1.54) is 12.0 Å². The van der Waals surface area contributed by atoms with Crippen molar-refractivity contribution in [2.24, 2.45) is 0 Å². The fourth-order valence-corrected chi connectivity index (χ4v) is 3.50. The summed E-state index contributed by atoms with van der Waals surface area (Å²) in [5.41, 5.74) is 6.14. The van der Waals surface area contributed by atoms with Crippen LogP contribution in [0, 0.1) is 11.8 Å². The molecule has 2 aromatic heterocycles. The molecule has 5 rings (SSSR count). The maximum absolute atomic E-state index is 10.9. The van der Waals surface area contributed by atoms with Gasteiger partial charge in [0, 0.05) is 35.6 Å². The molecule has 0 aliphatic carbocycles. The lowest BCUT2D eigenvalue weighted by Crippen LogP contribution is -1.92. The first-order valence-corrected chi connectivity index (χ1v) is 9.72. The van der Waals surface area contributed by atoms with E-state index in [4.69, 9.17) is 4.42 Å². The summed E-state index contributed by atoms with van der Waals surface area (Å²) >= 11 is 0. The van der Waals surface area contributed by atoms with Crippen LogP contribution in [0.15, 0.2) is 83.7 Å². The number of nitrogens with zero attached hydrogens (tertiary/aromatic N) is 2. The number of hydrogen-bond acceptors (Lipinski definition) is 4. The Balaban J connectivity index is 1.44. The predicted molar refractivity (Wildman–Crippen MR) is 117 cm³/mol. The van der Waals surface area contributed by atoms with Crippen LogP contribution < -0.4 is 0 Å². The summed E-state index contributed by atoms with van der Waals surface area (Å²) < 4.78 is 5.29. The molecule has 5 aromatic rings. The molecule has 0 bridgehead atoms. The number of rotatable bonds is 3. The first-order valence-electron chi connectivity index (χ1n) is 9.72. The van der Waals surface area contributed by atoms with Gasteiger partial charge in [0.05, 0.1) is 5.52 Å². The zero-order valence-corrected chi connectivity index (χ0v) is 16.2. The summed E-state index contributed by atoms with van der Waals surface area (Å²) in [6, 6.07) is 21.7. The first kappa shape index (κ1) is 18.0. The van der Waals surface area contributed by atoms with E-state index in [1.807, 2.05) is 54.6 Å². The van der Waals surface area contributed by atoms with Gasteiger partial charge in [0.2, 0.25) is 0 Å². The van der Waals surface area contributed by atoms with E-state index in [-0.39, 0.29) is 5.75 Å². The zero-order chi connectivity index (χ0) is 20.3. The van der Waals surface area contributed by atoms with Crippen LogP contribution in [0.2, 0.25) is 0 Å². The Kier molecular flexibility index (Phi) is 4.63. The van der Waals surface area contributed by atoms with Gasteiger partial charge in [0.25, 0.3) is 0 Å². The Labute approximate surface area is 173 Å². The highest BCUT2D eigenvalue weighted by Gasteiger charge is 2.10. The highest BCUT2D eigenvalue weighted by Crippen LogP contribution is 2.30. The fourth-order valence-electron chi connectivity index (χ4n) is 3.50. The molecule has 0 radical (unpaired) electrons. The van der Waals surface area contributed by atoms with Gasteiger partial charge in [-0.2, -0.15) is 0 Å². The van der Waals surface area contributed by atoms with Crippen molar-refractivity contribution in [2.75, 3.05) is 0 Å². The smallest absolute Gasteiger partial charge is 0.181 e. The van der Waals surface area contributed by atoms with Crippen LogP contribution >= 0.6 is 0 Å². The van der Waals surface area contributed by atoms with Gasteiger partial charge in [-0.25, -0.2) is 4.98 Å². The standard InChI is InChI=1S/C26H18N2O2/c29-26-21(13-20-10-12-25-24(15-20)28-17-30-25)16-27-23-11-9-19(14-22(23)26)8-4-7-18-5-2-1-3-6-18/h1-3,5-6,9-12,14-17H,7,13H2,(H,27,29). The van der Waals surface area contributed by atoms with Gasteiger partial charge in [-0.1, -0.05) is 48.2 Å². The summed E-state index contributed by atoms with van der Waals surface area (Å²) in [5, 5.41) is 11.6. The Morgan fingerprint density at radius 2 is 1.77 bits per heavy atom. The highest BCUT2D eigenvalue weighted by molar-refractivity contribution is 5.87. The molecule has 0 aliphatic rings. The van der Waals surface area contributed by atoms with Crippen molar-refractivity contribution < 1.29 is 9.52 Å². The Bertz CT molecular complexity index is 1410. The molecule has 4 heteroatoms. The molecule has 0 saturated carbocycles. The molecule has 1 N–H and O–H groups in total. The van der Waals surface area contributed by atoms with Crippen molar-refractivity contribution in [3.05, 3.63) is 102 Å². The van der Waals surface area contributed by atoms with Gasteiger partial charge in [0.1, 0.15) is 11.3 Å². The molecule has 30 heavy (non-hydrogen) atoms. The monoisotopic (exact) mass is 390 g/mol. The molecule has 0 spiro atoms. The average Bonchev–Trinajstić information content (AvgIpc) is 3.25. The van der Waals surface area contributed by atoms with Crippen LogP contribution in [0.4, 0.5) is 0 Å². The lowest BCUT2D eigenvalue weighted by atomic mass is 10.0. The fraction of sp³-hybridized carbons (Fsp3) is 0.0769. The molecule has 0 atom stereocenters. The molecule has 0 fully saturated rings. The molecular weight excluding hydrogens is 372 g/mol. The largest absolute Gasteiger partial charge is 0.507 e. The minimum absolute atomic E-state index is 0.243. The van der Waals surface area contributed by atoms with Crippen molar-refractivity contribution in [3.63, 3.8) is 0 Å². The molecule has 0 saturated heterocycles. The minimum atomic E-state index is 0.243. The number of fused-ring (bicyclic) bond motifs is 2. The number of pyridine rings is 1. The Morgan fingerprint density at radius 1 is 0.867 bits per heavy atom. The molecule has 144 valence electrons. The normalized spacial score (nSPS) is 10.8. The van der Waals surface area contributed by atoms with Crippen LogP contribution in [0.1, 0.15) is 22.3 Å². The van der Waals surface area contributed by atoms with E-state index in [2.05, 4.69) is 33.9 Å². The number of aromatic nitrogens is 2. The molecular formula is C26H18N2O2. The number of oxazole rings is 1. The van der Waals surface area contributed by atoms with Crippen molar-refractivity contribution in [3.8, 4) is 17.6 Å². The summed E-state index contributed by atoms with van der Waals surface area (Å²) in [6.45, 7) is 0. The van der Waals surface area contributed by atoms with Gasteiger partial charge < -0.3 is 9.52 Å². The van der Waals surface area contributed by atoms with Crippen LogP contribution in [0.3, 0.4) is 0 Å². The van der Waals surface area contributed by atoms with Crippen molar-refractivity contribution >= 4 is 22.0 Å². The summed E-state index contributed by atoms with van der Waals surface area (Å²) in [6.07, 6.45) is 4.41. The third kappa shape index (κ3) is 3.61. The van der Waals surface area contributed by atoms with E-state index in [0.29, 0.717) is 18.2 Å². The molecule has 4 nitrogen and oxygen atoms in total. The third-order valence-corrected chi connectivity index (χ3v) is 5.07. The van der Waals surface area contributed by atoms with Crippen LogP contribution in [-0.4, -0.2) is 15.1 Å². The Morgan fingerprint density at radius 3 is 2.67 bits per heavy atom. The third-order valence-electron chi connectivity index (χ3n) is 5.07. The quantitative estimate of drug-likeness (QED) is 0.427. The minimum Gasteiger partial charge on any atom is -0.507 e. The van der Waals surface area contributed by atoms with E-state index < -0.39 is 0 Å². The Hall–Kier alpha value is -4.10. The van der Waals surface area contributed by atoms with Crippen LogP contribution in [-0.2, 0) is 12.8 Å². The number of aromatic hydroxyl groups is 1. The molecule has 3 aromatic carbocycles. The van der Waals surface area contributed by atoms with Gasteiger partial charge >= 0.3 is 0 Å². The van der Waals surface area contributed by atoms with Crippen molar-refractivity contribution in [2.45, 2.75) is 12.8 Å². The summed E-state index contributed by atoms with van der Waals surface area (Å²) in [5.74, 6) is 6.64. The first-order chi connectivity index (χ1) is 14.8. The van der Waals surface area contributed by atoms with Crippen LogP contribution in [0.25, 0.3) is 22.0 Å². The second-order valence-electron chi connectivity index (χ2n) is 7.16. The van der Waals surface area contributed by atoms with E-state index in [0.717, 1.165) is 33.3 Å². The summed E-state index contributed by atoms with van der Waals surface area (Å²) in [4.78, 5) is 8.71. The molecule has 0 unspecified atom stereocenters. The highest BCUT2D eigenvalue weighted by atomic mass is 16.3. The maximum atomic E-state index is 10.9. The van der Waals surface area contributed by atoms with Gasteiger partial charge in [-0.15, -0.1) is 0 Å². The maximum Gasteiger partial charge on any atom is 0.181 e. The second kappa shape index (κ2) is 7.73. The topological polar surface area (TPSA) is 59.2 Å².